The molecule has 0 radical (unpaired) electrons. The predicted molar refractivity (Wildman–Crippen MR) is 15.6 cm³/mol. The fourth-order valence-corrected chi connectivity index (χ4v) is 0. The summed E-state index contributed by atoms with van der Waals surface area (Å²) in [7, 11) is -4.64. The maximum atomic E-state index is 8.88. The molecule has 0 aliphatic heterocycles. The van der Waals surface area contributed by atoms with Crippen LogP contribution >= 0.6 is 7.82 Å². The summed E-state index contributed by atoms with van der Waals surface area (Å²) in [6, 6.07) is 0. The summed E-state index contributed by atoms with van der Waals surface area (Å²) in [6.45, 7) is 0. The Labute approximate surface area is 56.2 Å². The molecule has 0 aliphatic rings. The van der Waals surface area contributed by atoms with Gasteiger partial charge in [0.15, 0.2) is 0 Å². The first-order chi connectivity index (χ1) is 3.41. The normalized spacial score (nSPS) is 8.38. The molecule has 3 N–H and O–H groups in total. The van der Waals surface area contributed by atoms with Gasteiger partial charge in [-0.05, 0) is 0 Å². The van der Waals surface area contributed by atoms with E-state index in [1.54, 1.807) is 0 Å². The molecule has 0 aromatic rings. The molecule has 0 saturated heterocycles. The first-order valence-electron chi connectivity index (χ1n) is 1.19. The second kappa shape index (κ2) is 5.72. The van der Waals surface area contributed by atoms with Gasteiger partial charge >= 0.3 is 36.7 Å². The molecule has 0 bridgehead atoms. The Morgan fingerprint density at radius 1 is 1.12 bits per heavy atom. The van der Waals surface area contributed by atoms with E-state index in [-0.39, 0.29) is 0 Å². The summed E-state index contributed by atoms with van der Waals surface area (Å²) in [4.78, 5) is 21.6. The van der Waals surface area contributed by atoms with E-state index in [1.165, 1.54) is 0 Å². The average Bonchev–Trinajstić information content (AvgIpc) is 1.27. The second-order valence-corrected chi connectivity index (χ2v) is 2.03. The number of hydrogen-bond acceptors (Lipinski definition) is 3. The van der Waals surface area contributed by atoms with Gasteiger partial charge in [-0.2, -0.15) is 0 Å². The third-order valence-electron chi connectivity index (χ3n) is 0. The monoisotopic (exact) mass is 220 g/mol. The molecule has 6 nitrogen and oxygen atoms in total. The van der Waals surface area contributed by atoms with Crippen molar-refractivity contribution in [3.63, 3.8) is 0 Å². The van der Waals surface area contributed by atoms with Crippen molar-refractivity contribution in [2.75, 3.05) is 0 Å². The van der Waals surface area contributed by atoms with E-state index < -0.39 is 31.1 Å². The molecule has 0 atom stereocenters. The Balaban J connectivity index is 0. The van der Waals surface area contributed by atoms with Crippen molar-refractivity contribution in [2.45, 2.75) is 0 Å². The molecule has 0 aliphatic carbocycles. The van der Waals surface area contributed by atoms with Gasteiger partial charge in [-0.1, -0.05) is 0 Å². The van der Waals surface area contributed by atoms with Crippen LogP contribution in [0.4, 0.5) is 0 Å². The Hall–Kier alpha value is 0.593. The average molecular weight is 221 g/mol. The van der Waals surface area contributed by atoms with Crippen LogP contribution in [0.15, 0.2) is 0 Å². The molecule has 0 rings (SSSR count). The zero-order valence-electron chi connectivity index (χ0n) is 3.51. The molecule has 0 amide bonds. The minimum atomic E-state index is -4.64. The van der Waals surface area contributed by atoms with Crippen LogP contribution < -0.4 is 0 Å². The summed E-state index contributed by atoms with van der Waals surface area (Å²) in [5.74, 6) is 0. The molecule has 0 aromatic carbocycles. The molecule has 0 fully saturated rings. The molecule has 8 heteroatoms. The van der Waals surface area contributed by atoms with Crippen LogP contribution in [0.3, 0.4) is 0 Å². The minimum absolute atomic E-state index is 2.27. The van der Waals surface area contributed by atoms with Crippen LogP contribution in [0.5, 0.6) is 0 Å². The summed E-state index contributed by atoms with van der Waals surface area (Å²) in [5.41, 5.74) is 0. The summed E-state index contributed by atoms with van der Waals surface area (Å²) < 4.78 is 26.0. The van der Waals surface area contributed by atoms with Gasteiger partial charge in [0.1, 0.15) is 0 Å². The summed E-state index contributed by atoms with van der Waals surface area (Å²) in [6.07, 6.45) is 0. The topological polar surface area (TPSA) is 112 Å². The van der Waals surface area contributed by atoms with E-state index in [9.17, 15) is 0 Å². The Bertz CT molecular complexity index is 106. The summed E-state index contributed by atoms with van der Waals surface area (Å²) >= 11 is -2.27. The zero-order valence-corrected chi connectivity index (χ0v) is 6.87. The van der Waals surface area contributed by atoms with Crippen molar-refractivity contribution in [3.05, 3.63) is 0 Å². The molecule has 48 valence electrons. The third kappa shape index (κ3) is 586. The molecule has 0 spiro atoms. The van der Waals surface area contributed by atoms with Gasteiger partial charge in [0.05, 0.1) is 0 Å². The fraction of sp³-hybridized carbons (Fsp3) is 0. The van der Waals surface area contributed by atoms with E-state index >= 15 is 0 Å². The number of phosphoric acid groups is 1. The van der Waals surface area contributed by atoms with Crippen molar-refractivity contribution < 1.29 is 48.1 Å². The zero-order chi connectivity index (χ0) is 7.21. The van der Waals surface area contributed by atoms with Crippen molar-refractivity contribution in [3.8, 4) is 0 Å². The molecule has 0 heterocycles. The third-order valence-corrected chi connectivity index (χ3v) is 0. The van der Waals surface area contributed by atoms with Gasteiger partial charge in [0, 0.05) is 0 Å². The first-order valence-corrected chi connectivity index (χ1v) is 4.76. The SMILES string of the molecule is O=P(O)(O)O.[O]=[Zr]=[O]. The molecular formula is H3O6PZr. The fourth-order valence-electron chi connectivity index (χ4n) is 0. The van der Waals surface area contributed by atoms with Gasteiger partial charge < -0.3 is 14.7 Å². The van der Waals surface area contributed by atoms with Crippen LogP contribution in [0.25, 0.3) is 0 Å². The van der Waals surface area contributed by atoms with Crippen molar-refractivity contribution in [2.24, 2.45) is 0 Å². The molecule has 0 unspecified atom stereocenters. The van der Waals surface area contributed by atoms with Gasteiger partial charge in [0.25, 0.3) is 0 Å². The Morgan fingerprint density at radius 2 is 1.12 bits per heavy atom. The van der Waals surface area contributed by atoms with Crippen LogP contribution in [-0.2, 0) is 33.4 Å². The quantitative estimate of drug-likeness (QED) is 0.444. The number of hydrogen-bond donors (Lipinski definition) is 3. The van der Waals surface area contributed by atoms with Crippen LogP contribution in [-0.4, -0.2) is 14.7 Å². The molecular weight excluding hydrogens is 218 g/mol. The molecule has 0 aromatic heterocycles. The maximum absolute atomic E-state index is 8.88. The Morgan fingerprint density at radius 3 is 1.12 bits per heavy atom. The predicted octanol–water partition coefficient (Wildman–Crippen LogP) is -1.17. The van der Waals surface area contributed by atoms with Crippen molar-refractivity contribution >= 4 is 7.82 Å². The van der Waals surface area contributed by atoms with Gasteiger partial charge in [-0.3, -0.25) is 0 Å². The van der Waals surface area contributed by atoms with E-state index in [1.807, 2.05) is 0 Å². The Kier molecular flexibility index (Phi) is 8.16. The van der Waals surface area contributed by atoms with Crippen LogP contribution in [0.1, 0.15) is 0 Å². The van der Waals surface area contributed by atoms with E-state index in [4.69, 9.17) is 24.9 Å². The second-order valence-electron chi connectivity index (χ2n) is 0.597. The van der Waals surface area contributed by atoms with E-state index in [2.05, 4.69) is 0 Å². The molecule has 8 heavy (non-hydrogen) atoms. The van der Waals surface area contributed by atoms with Gasteiger partial charge in [0.2, 0.25) is 0 Å². The first kappa shape index (κ1) is 11.4. The number of rotatable bonds is 0. The molecule has 0 saturated carbocycles. The summed E-state index contributed by atoms with van der Waals surface area (Å²) in [5, 5.41) is 0. The van der Waals surface area contributed by atoms with Crippen molar-refractivity contribution in [1.82, 2.24) is 0 Å². The van der Waals surface area contributed by atoms with Gasteiger partial charge in [-0.15, -0.1) is 0 Å². The van der Waals surface area contributed by atoms with Crippen LogP contribution in [0.2, 0.25) is 0 Å². The van der Waals surface area contributed by atoms with Crippen molar-refractivity contribution in [1.29, 1.82) is 0 Å². The van der Waals surface area contributed by atoms with E-state index in [0.29, 0.717) is 0 Å². The van der Waals surface area contributed by atoms with Crippen LogP contribution in [0, 0.1) is 0 Å². The standard InChI is InChI=1S/H3O4P.2O.Zr/c1-5(2,3)4;;;/h(H3,1,2,3,4);;;. The van der Waals surface area contributed by atoms with E-state index in [0.717, 1.165) is 0 Å². The van der Waals surface area contributed by atoms with Gasteiger partial charge in [-0.25, -0.2) is 4.57 Å².